The maximum absolute atomic E-state index is 12.0. The molecule has 8 heteroatoms. The predicted octanol–water partition coefficient (Wildman–Crippen LogP) is 2.09. The highest BCUT2D eigenvalue weighted by Gasteiger charge is 2.59. The Morgan fingerprint density at radius 2 is 1.86 bits per heavy atom. The van der Waals surface area contributed by atoms with Crippen LogP contribution in [0.25, 0.3) is 0 Å². The maximum Gasteiger partial charge on any atom is 0.337 e. The topological polar surface area (TPSA) is 126 Å². The van der Waals surface area contributed by atoms with E-state index in [2.05, 4.69) is 37.3 Å². The highest BCUT2D eigenvalue weighted by Crippen LogP contribution is 2.63. The molecule has 2 saturated carbocycles. The number of hydrogen-bond acceptors (Lipinski definition) is 8. The number of aliphatic hydroxyl groups is 4. The zero-order chi connectivity index (χ0) is 25.8. The molecule has 1 aliphatic heterocycles. The lowest BCUT2D eigenvalue weighted by Gasteiger charge is -2.61. The normalized spacial score (nSPS) is 49.9. The Labute approximate surface area is 208 Å². The summed E-state index contributed by atoms with van der Waals surface area (Å²) in [5.41, 5.74) is 1.00. The van der Waals surface area contributed by atoms with E-state index in [1.165, 1.54) is 5.57 Å². The molecular weight excluding hydrogens is 452 g/mol. The van der Waals surface area contributed by atoms with E-state index < -0.39 is 48.2 Å². The fraction of sp³-hybridized carbons (Fsp3) is 0.815. The van der Waals surface area contributed by atoms with Crippen LogP contribution < -0.4 is 0 Å². The van der Waals surface area contributed by atoms with Gasteiger partial charge in [-0.15, -0.1) is 6.58 Å². The second-order valence-corrected chi connectivity index (χ2v) is 12.0. The summed E-state index contributed by atoms with van der Waals surface area (Å²) in [7, 11) is 1.15. The number of carbonyl (C=O) groups excluding carboxylic acids is 1. The van der Waals surface area contributed by atoms with Crippen molar-refractivity contribution in [3.05, 3.63) is 24.3 Å². The Morgan fingerprint density at radius 1 is 1.14 bits per heavy atom. The van der Waals surface area contributed by atoms with Crippen molar-refractivity contribution in [3.8, 4) is 0 Å². The minimum absolute atomic E-state index is 0.000219. The smallest absolute Gasteiger partial charge is 0.337 e. The number of fused-ring (bicyclic) bond motifs is 3. The van der Waals surface area contributed by atoms with Crippen LogP contribution in [-0.4, -0.2) is 76.9 Å². The summed E-state index contributed by atoms with van der Waals surface area (Å²) < 4.78 is 16.2. The van der Waals surface area contributed by atoms with Gasteiger partial charge in [0.15, 0.2) is 12.4 Å². The van der Waals surface area contributed by atoms with Gasteiger partial charge in [0.25, 0.3) is 0 Å². The number of aliphatic hydroxyl groups excluding tert-OH is 4. The fourth-order valence-electron chi connectivity index (χ4n) is 7.40. The number of carbonyl (C=O) groups is 1. The number of methoxy groups -OCH3 is 1. The average molecular weight is 495 g/mol. The van der Waals surface area contributed by atoms with Crippen molar-refractivity contribution >= 4 is 5.97 Å². The standard InChI is InChI=1S/C27H42O8/c1-6-25(2)11-9-16-15(13-25)7-8-17-26(16,3)12-10-18(28)27(17,4)14-34-24-21(31)19(29)20(30)22(35-24)23(32)33-5/h6-7,16-22,24,28-31H,1,8-14H2,2-5H3/t16-,17+,18-,19-,20-,21-,22-,24+,25-,26+,27+/m0/s1. The highest BCUT2D eigenvalue weighted by atomic mass is 16.7. The van der Waals surface area contributed by atoms with Gasteiger partial charge in [0.05, 0.1) is 19.8 Å². The van der Waals surface area contributed by atoms with Crippen LogP contribution in [0.3, 0.4) is 0 Å². The molecule has 0 aromatic carbocycles. The molecule has 8 nitrogen and oxygen atoms in total. The third-order valence-corrected chi connectivity index (χ3v) is 9.84. The summed E-state index contributed by atoms with van der Waals surface area (Å²) in [4.78, 5) is 12.0. The first-order valence-electron chi connectivity index (χ1n) is 12.8. The van der Waals surface area contributed by atoms with Gasteiger partial charge in [-0.2, -0.15) is 0 Å². The number of hydrogen-bond donors (Lipinski definition) is 4. The van der Waals surface area contributed by atoms with Crippen molar-refractivity contribution in [3.63, 3.8) is 0 Å². The predicted molar refractivity (Wildman–Crippen MR) is 128 cm³/mol. The van der Waals surface area contributed by atoms with Crippen molar-refractivity contribution < 1.29 is 39.4 Å². The largest absolute Gasteiger partial charge is 0.467 e. The molecule has 3 aliphatic carbocycles. The number of ether oxygens (including phenoxy) is 3. The summed E-state index contributed by atoms with van der Waals surface area (Å²) >= 11 is 0. The number of rotatable bonds is 5. The Hall–Kier alpha value is -1.29. The molecule has 35 heavy (non-hydrogen) atoms. The van der Waals surface area contributed by atoms with Crippen LogP contribution in [0.2, 0.25) is 0 Å². The van der Waals surface area contributed by atoms with E-state index >= 15 is 0 Å². The van der Waals surface area contributed by atoms with Gasteiger partial charge in [-0.05, 0) is 61.2 Å². The molecule has 0 unspecified atom stereocenters. The summed E-state index contributed by atoms with van der Waals surface area (Å²) in [6.07, 6.45) is 1.82. The van der Waals surface area contributed by atoms with Gasteiger partial charge >= 0.3 is 5.97 Å². The Bertz CT molecular complexity index is 858. The van der Waals surface area contributed by atoms with E-state index in [9.17, 15) is 25.2 Å². The summed E-state index contributed by atoms with van der Waals surface area (Å²) in [6.45, 7) is 10.8. The van der Waals surface area contributed by atoms with Gasteiger partial charge in [0.2, 0.25) is 0 Å². The first-order chi connectivity index (χ1) is 16.4. The van der Waals surface area contributed by atoms with Gasteiger partial charge in [-0.25, -0.2) is 4.79 Å². The van der Waals surface area contributed by atoms with Crippen LogP contribution in [0.5, 0.6) is 0 Å². The molecule has 3 fully saturated rings. The molecule has 1 saturated heterocycles. The third-order valence-electron chi connectivity index (χ3n) is 9.84. The molecule has 1 heterocycles. The first kappa shape index (κ1) is 26.8. The lowest BCUT2D eigenvalue weighted by Crippen LogP contribution is -2.62. The molecular formula is C27H42O8. The second kappa shape index (κ2) is 9.54. The van der Waals surface area contributed by atoms with Crippen molar-refractivity contribution in [2.24, 2.45) is 28.1 Å². The van der Waals surface area contributed by atoms with E-state index in [1.807, 2.05) is 6.92 Å². The molecule has 0 bridgehead atoms. The van der Waals surface area contributed by atoms with Crippen LogP contribution in [-0.2, 0) is 19.0 Å². The van der Waals surface area contributed by atoms with E-state index in [0.29, 0.717) is 12.3 Å². The Kier molecular flexibility index (Phi) is 7.30. The molecule has 0 amide bonds. The molecule has 0 radical (unpaired) electrons. The van der Waals surface area contributed by atoms with Gasteiger partial charge in [0, 0.05) is 5.41 Å². The van der Waals surface area contributed by atoms with E-state index in [1.54, 1.807) is 0 Å². The van der Waals surface area contributed by atoms with Gasteiger partial charge in [0.1, 0.15) is 18.3 Å². The van der Waals surface area contributed by atoms with Crippen molar-refractivity contribution in [2.75, 3.05) is 13.7 Å². The van der Waals surface area contributed by atoms with Crippen molar-refractivity contribution in [1.82, 2.24) is 0 Å². The third kappa shape index (κ3) is 4.40. The van der Waals surface area contributed by atoms with Crippen LogP contribution in [0, 0.1) is 28.1 Å². The Balaban J connectivity index is 1.55. The molecule has 0 spiro atoms. The summed E-state index contributed by atoms with van der Waals surface area (Å²) in [6, 6.07) is 0. The van der Waals surface area contributed by atoms with Crippen molar-refractivity contribution in [1.29, 1.82) is 0 Å². The number of esters is 1. The molecule has 0 aromatic rings. The molecule has 198 valence electrons. The van der Waals surface area contributed by atoms with Crippen LogP contribution in [0.1, 0.15) is 59.3 Å². The molecule has 4 N–H and O–H groups in total. The zero-order valence-corrected chi connectivity index (χ0v) is 21.4. The molecule has 0 aromatic heterocycles. The van der Waals surface area contributed by atoms with Gasteiger partial charge < -0.3 is 34.6 Å². The van der Waals surface area contributed by atoms with Crippen LogP contribution in [0.4, 0.5) is 0 Å². The monoisotopic (exact) mass is 494 g/mol. The molecule has 4 aliphatic rings. The quantitative estimate of drug-likeness (QED) is 0.338. The molecule has 4 rings (SSSR count). The minimum atomic E-state index is -1.63. The van der Waals surface area contributed by atoms with Crippen molar-refractivity contribution in [2.45, 2.75) is 96.1 Å². The number of allylic oxidation sites excluding steroid dienone is 3. The first-order valence-corrected chi connectivity index (χ1v) is 12.8. The van der Waals surface area contributed by atoms with Crippen LogP contribution in [0.15, 0.2) is 24.3 Å². The zero-order valence-electron chi connectivity index (χ0n) is 21.4. The molecule has 11 atom stereocenters. The highest BCUT2D eigenvalue weighted by molar-refractivity contribution is 5.75. The van der Waals surface area contributed by atoms with E-state index in [-0.39, 0.29) is 23.4 Å². The second-order valence-electron chi connectivity index (χ2n) is 12.0. The van der Waals surface area contributed by atoms with E-state index in [4.69, 9.17) is 9.47 Å². The van der Waals surface area contributed by atoms with Crippen LogP contribution >= 0.6 is 0 Å². The summed E-state index contributed by atoms with van der Waals surface area (Å²) in [5.74, 6) is -0.270. The SMILES string of the molecule is C=C[C@@]1(C)CC[C@H]2C(=CC[C@@H]3[C@]2(C)CC[C@H](O)[C@]3(C)CO[C@@H]2O[C@H](C(=O)OC)[C@@H](O)[C@H](O)[C@@H]2O)C1. The lowest BCUT2D eigenvalue weighted by atomic mass is 9.45. The Morgan fingerprint density at radius 3 is 2.51 bits per heavy atom. The maximum atomic E-state index is 12.0. The van der Waals surface area contributed by atoms with Gasteiger partial charge in [-0.3, -0.25) is 0 Å². The average Bonchev–Trinajstić information content (AvgIpc) is 2.84. The fourth-order valence-corrected chi connectivity index (χ4v) is 7.40. The summed E-state index contributed by atoms with van der Waals surface area (Å²) in [5, 5.41) is 42.1. The lowest BCUT2D eigenvalue weighted by molar-refractivity contribution is -0.306. The van der Waals surface area contributed by atoms with Gasteiger partial charge in [-0.1, -0.05) is 38.5 Å². The minimum Gasteiger partial charge on any atom is -0.467 e. The van der Waals surface area contributed by atoms with E-state index in [0.717, 1.165) is 39.2 Å².